The first-order valence-corrected chi connectivity index (χ1v) is 3.71. The minimum Gasteiger partial charge on any atom is -0.481 e. The molecule has 0 saturated carbocycles. The molecule has 68 valence electrons. The van der Waals surface area contributed by atoms with Crippen molar-refractivity contribution >= 4 is 17.5 Å². The highest BCUT2D eigenvalue weighted by Crippen LogP contribution is 2.01. The molecule has 0 heterocycles. The minimum atomic E-state index is -1.25. The van der Waals surface area contributed by atoms with Gasteiger partial charge >= 0.3 is 5.97 Å². The van der Waals surface area contributed by atoms with Crippen LogP contribution in [0.3, 0.4) is 0 Å². The lowest BCUT2D eigenvalue weighted by atomic mass is 10.0. The van der Waals surface area contributed by atoms with Crippen molar-refractivity contribution in [1.29, 1.82) is 0 Å². The van der Waals surface area contributed by atoms with Crippen LogP contribution in [0.1, 0.15) is 26.7 Å². The third-order valence-electron chi connectivity index (χ3n) is 1.22. The quantitative estimate of drug-likeness (QED) is 0.488. The second kappa shape index (κ2) is 4.64. The van der Waals surface area contributed by atoms with Crippen LogP contribution >= 0.6 is 0 Å². The molecule has 0 aliphatic carbocycles. The number of hydrogen-bond acceptors (Lipinski definition) is 3. The zero-order valence-corrected chi connectivity index (χ0v) is 7.16. The number of aliphatic carboxylic acids is 1. The van der Waals surface area contributed by atoms with Gasteiger partial charge in [-0.05, 0) is 5.92 Å². The molecule has 1 N–H and O–H groups in total. The summed E-state index contributed by atoms with van der Waals surface area (Å²) in [4.78, 5) is 31.7. The molecule has 0 spiro atoms. The second-order valence-corrected chi connectivity index (χ2v) is 3.01. The molecule has 0 saturated heterocycles. The van der Waals surface area contributed by atoms with Gasteiger partial charge in [0.15, 0.2) is 5.78 Å². The van der Waals surface area contributed by atoms with Gasteiger partial charge in [-0.15, -0.1) is 0 Å². The molecule has 0 fully saturated rings. The monoisotopic (exact) mass is 172 g/mol. The fraction of sp³-hybridized carbons (Fsp3) is 0.625. The van der Waals surface area contributed by atoms with Gasteiger partial charge in [0.25, 0.3) is 0 Å². The largest absolute Gasteiger partial charge is 0.481 e. The Morgan fingerprint density at radius 3 is 2.00 bits per heavy atom. The summed E-state index contributed by atoms with van der Waals surface area (Å²) in [6.07, 6.45) is -0.558. The Bertz CT molecular complexity index is 205. The average Bonchev–Trinajstić information content (AvgIpc) is 1.84. The van der Waals surface area contributed by atoms with Gasteiger partial charge in [-0.1, -0.05) is 13.8 Å². The number of Topliss-reactive ketones (excluding diaryl/α,β-unsaturated/α-hetero) is 2. The van der Waals surface area contributed by atoms with Crippen molar-refractivity contribution in [1.82, 2.24) is 0 Å². The molecule has 0 aliphatic heterocycles. The van der Waals surface area contributed by atoms with E-state index in [-0.39, 0.29) is 12.3 Å². The summed E-state index contributed by atoms with van der Waals surface area (Å²) < 4.78 is 0. The van der Waals surface area contributed by atoms with E-state index in [1.54, 1.807) is 13.8 Å². The summed E-state index contributed by atoms with van der Waals surface area (Å²) in [6, 6.07) is 0. The molecule has 0 radical (unpaired) electrons. The summed E-state index contributed by atoms with van der Waals surface area (Å²) in [5.41, 5.74) is 0. The maximum atomic E-state index is 10.9. The molecule has 4 heteroatoms. The third kappa shape index (κ3) is 4.60. The second-order valence-electron chi connectivity index (χ2n) is 3.01. The Morgan fingerprint density at radius 1 is 1.17 bits per heavy atom. The van der Waals surface area contributed by atoms with Crippen molar-refractivity contribution < 1.29 is 19.5 Å². The standard InChI is InChI=1S/C8H12O4/c1-5(2)3-6(9)7(10)4-8(11)12/h5H,3-4H2,1-2H3,(H,11,12). The molecule has 0 aromatic carbocycles. The molecular formula is C8H12O4. The van der Waals surface area contributed by atoms with Crippen molar-refractivity contribution in [2.24, 2.45) is 5.92 Å². The topological polar surface area (TPSA) is 71.4 Å². The van der Waals surface area contributed by atoms with Crippen molar-refractivity contribution in [3.05, 3.63) is 0 Å². The lowest BCUT2D eigenvalue weighted by Gasteiger charge is -2.00. The third-order valence-corrected chi connectivity index (χ3v) is 1.22. The maximum Gasteiger partial charge on any atom is 0.311 e. The van der Waals surface area contributed by atoms with Gasteiger partial charge in [-0.2, -0.15) is 0 Å². The number of ketones is 2. The van der Waals surface area contributed by atoms with Crippen LogP contribution in [-0.4, -0.2) is 22.6 Å². The van der Waals surface area contributed by atoms with Crippen LogP contribution in [0.2, 0.25) is 0 Å². The maximum absolute atomic E-state index is 10.9. The molecule has 0 atom stereocenters. The molecule has 0 bridgehead atoms. The zero-order chi connectivity index (χ0) is 9.72. The number of carboxylic acid groups (broad SMARTS) is 1. The summed E-state index contributed by atoms with van der Waals surface area (Å²) in [5.74, 6) is -2.56. The smallest absolute Gasteiger partial charge is 0.311 e. The van der Waals surface area contributed by atoms with Gasteiger partial charge in [0, 0.05) is 6.42 Å². The lowest BCUT2D eigenvalue weighted by molar-refractivity contribution is -0.145. The van der Waals surface area contributed by atoms with Gasteiger partial charge in [-0.25, -0.2) is 0 Å². The number of carbonyl (C=O) groups is 3. The molecule has 0 amide bonds. The van der Waals surface area contributed by atoms with E-state index in [0.29, 0.717) is 0 Å². The van der Waals surface area contributed by atoms with Crippen LogP contribution in [0.4, 0.5) is 0 Å². The van der Waals surface area contributed by atoms with Crippen LogP contribution in [0.15, 0.2) is 0 Å². The van der Waals surface area contributed by atoms with Crippen LogP contribution in [0.25, 0.3) is 0 Å². The van der Waals surface area contributed by atoms with E-state index in [1.807, 2.05) is 0 Å². The number of carboxylic acids is 1. The van der Waals surface area contributed by atoms with Crippen molar-refractivity contribution in [3.8, 4) is 0 Å². The Morgan fingerprint density at radius 2 is 1.67 bits per heavy atom. The van der Waals surface area contributed by atoms with Gasteiger partial charge in [0.1, 0.15) is 6.42 Å². The molecule has 12 heavy (non-hydrogen) atoms. The van der Waals surface area contributed by atoms with Crippen molar-refractivity contribution in [2.75, 3.05) is 0 Å². The molecule has 0 aromatic heterocycles. The highest BCUT2D eigenvalue weighted by Gasteiger charge is 2.17. The number of hydrogen-bond donors (Lipinski definition) is 1. The van der Waals surface area contributed by atoms with Gasteiger partial charge in [0.2, 0.25) is 5.78 Å². The number of carbonyl (C=O) groups excluding carboxylic acids is 2. The minimum absolute atomic E-state index is 0.0928. The van der Waals surface area contributed by atoms with E-state index in [4.69, 9.17) is 5.11 Å². The van der Waals surface area contributed by atoms with E-state index in [2.05, 4.69) is 0 Å². The fourth-order valence-corrected chi connectivity index (χ4v) is 0.721. The van der Waals surface area contributed by atoms with E-state index in [9.17, 15) is 14.4 Å². The first-order valence-electron chi connectivity index (χ1n) is 3.71. The summed E-state index contributed by atoms with van der Waals surface area (Å²) >= 11 is 0. The van der Waals surface area contributed by atoms with E-state index >= 15 is 0 Å². The normalized spacial score (nSPS) is 9.92. The Hall–Kier alpha value is -1.19. The summed E-state index contributed by atoms with van der Waals surface area (Å²) in [7, 11) is 0. The summed E-state index contributed by atoms with van der Waals surface area (Å²) in [5, 5.41) is 8.19. The first-order chi connectivity index (χ1) is 5.43. The zero-order valence-electron chi connectivity index (χ0n) is 7.16. The molecule has 4 nitrogen and oxygen atoms in total. The van der Waals surface area contributed by atoms with Crippen LogP contribution in [-0.2, 0) is 14.4 Å². The van der Waals surface area contributed by atoms with Crippen LogP contribution in [0, 0.1) is 5.92 Å². The molecule has 0 unspecified atom stereocenters. The Kier molecular flexibility index (Phi) is 4.18. The van der Waals surface area contributed by atoms with Crippen LogP contribution < -0.4 is 0 Å². The van der Waals surface area contributed by atoms with Gasteiger partial charge < -0.3 is 5.11 Å². The lowest BCUT2D eigenvalue weighted by Crippen LogP contribution is -2.19. The fourth-order valence-electron chi connectivity index (χ4n) is 0.721. The van der Waals surface area contributed by atoms with E-state index in [1.165, 1.54) is 0 Å². The highest BCUT2D eigenvalue weighted by atomic mass is 16.4. The number of rotatable bonds is 5. The van der Waals surface area contributed by atoms with E-state index in [0.717, 1.165) is 0 Å². The van der Waals surface area contributed by atoms with E-state index < -0.39 is 24.0 Å². The SMILES string of the molecule is CC(C)CC(=O)C(=O)CC(=O)O. The average molecular weight is 172 g/mol. The van der Waals surface area contributed by atoms with Crippen molar-refractivity contribution in [3.63, 3.8) is 0 Å². The Labute approximate surface area is 70.6 Å². The first kappa shape index (κ1) is 10.8. The van der Waals surface area contributed by atoms with Gasteiger partial charge in [0.05, 0.1) is 0 Å². The molecule has 0 aliphatic rings. The molecule has 0 aromatic rings. The predicted octanol–water partition coefficient (Wildman–Crippen LogP) is 0.645. The predicted molar refractivity (Wildman–Crippen MR) is 41.7 cm³/mol. The molecule has 0 rings (SSSR count). The molecular weight excluding hydrogens is 160 g/mol. The van der Waals surface area contributed by atoms with Crippen LogP contribution in [0.5, 0.6) is 0 Å². The van der Waals surface area contributed by atoms with Gasteiger partial charge in [-0.3, -0.25) is 14.4 Å². The highest BCUT2D eigenvalue weighted by molar-refractivity contribution is 6.39. The summed E-state index contributed by atoms with van der Waals surface area (Å²) in [6.45, 7) is 3.60. The Balaban J connectivity index is 3.94. The van der Waals surface area contributed by atoms with Crippen molar-refractivity contribution in [2.45, 2.75) is 26.7 Å².